The van der Waals surface area contributed by atoms with Gasteiger partial charge in [-0.15, -0.1) is 0 Å². The summed E-state index contributed by atoms with van der Waals surface area (Å²) >= 11 is 0. The van der Waals surface area contributed by atoms with Crippen molar-refractivity contribution >= 4 is 6.03 Å². The number of carbonyl (C=O) groups is 1. The van der Waals surface area contributed by atoms with Crippen molar-refractivity contribution in [3.63, 3.8) is 0 Å². The number of benzene rings is 1. The summed E-state index contributed by atoms with van der Waals surface area (Å²) < 4.78 is 5.33. The van der Waals surface area contributed by atoms with Crippen LogP contribution in [0.5, 0.6) is 0 Å². The van der Waals surface area contributed by atoms with Crippen LogP contribution in [0.2, 0.25) is 0 Å². The van der Waals surface area contributed by atoms with Crippen molar-refractivity contribution in [3.8, 4) is 0 Å². The molecular formula is C21H33N3O3. The minimum absolute atomic E-state index is 0.0685. The fourth-order valence-corrected chi connectivity index (χ4v) is 4.19. The Hall–Kier alpha value is -1.63. The van der Waals surface area contributed by atoms with Crippen LogP contribution >= 0.6 is 0 Å². The zero-order chi connectivity index (χ0) is 18.9. The average molecular weight is 376 g/mol. The largest absolute Gasteiger partial charge is 0.394 e. The summed E-state index contributed by atoms with van der Waals surface area (Å²) in [5.74, 6) is 0.425. The molecule has 2 fully saturated rings. The number of hydrogen-bond acceptors (Lipinski definition) is 4. The van der Waals surface area contributed by atoms with Crippen molar-refractivity contribution in [2.45, 2.75) is 37.6 Å². The highest BCUT2D eigenvalue weighted by atomic mass is 16.5. The van der Waals surface area contributed by atoms with Crippen LogP contribution in [-0.2, 0) is 4.74 Å². The maximum atomic E-state index is 12.8. The SMILES string of the molecule is O=C(N[C@@H]1CCCC[C@H]1c1ccccc1)N1CCN(CCOCCO)CC1. The van der Waals surface area contributed by atoms with Crippen molar-refractivity contribution in [3.05, 3.63) is 35.9 Å². The molecule has 0 unspecified atom stereocenters. The van der Waals surface area contributed by atoms with E-state index in [1.54, 1.807) is 0 Å². The van der Waals surface area contributed by atoms with Gasteiger partial charge in [0, 0.05) is 44.7 Å². The lowest BCUT2D eigenvalue weighted by atomic mass is 9.80. The minimum Gasteiger partial charge on any atom is -0.394 e. The van der Waals surface area contributed by atoms with E-state index in [0.717, 1.165) is 45.6 Å². The number of aliphatic hydroxyl groups excluding tert-OH is 1. The Kier molecular flexibility index (Phi) is 7.93. The highest BCUT2D eigenvalue weighted by molar-refractivity contribution is 5.74. The van der Waals surface area contributed by atoms with Gasteiger partial charge in [0.2, 0.25) is 0 Å². The number of ether oxygens (including phenoxy) is 1. The van der Waals surface area contributed by atoms with E-state index in [4.69, 9.17) is 9.84 Å². The summed E-state index contributed by atoms with van der Waals surface area (Å²) in [4.78, 5) is 17.1. The van der Waals surface area contributed by atoms with Gasteiger partial charge in [0.1, 0.15) is 0 Å². The van der Waals surface area contributed by atoms with Crippen molar-refractivity contribution in [2.75, 3.05) is 52.5 Å². The van der Waals surface area contributed by atoms with Crippen molar-refractivity contribution in [2.24, 2.45) is 0 Å². The molecular weight excluding hydrogens is 342 g/mol. The monoisotopic (exact) mass is 375 g/mol. The Bertz CT molecular complexity index is 561. The molecule has 6 nitrogen and oxygen atoms in total. The lowest BCUT2D eigenvalue weighted by Crippen LogP contribution is -2.54. The number of nitrogens with zero attached hydrogens (tertiary/aromatic N) is 2. The molecule has 1 aromatic rings. The first-order chi connectivity index (χ1) is 13.3. The van der Waals surface area contributed by atoms with E-state index in [2.05, 4.69) is 34.5 Å². The molecule has 2 atom stereocenters. The van der Waals surface area contributed by atoms with Crippen LogP contribution in [0.1, 0.15) is 37.2 Å². The highest BCUT2D eigenvalue weighted by Crippen LogP contribution is 2.33. The lowest BCUT2D eigenvalue weighted by molar-refractivity contribution is 0.0615. The molecule has 0 radical (unpaired) electrons. The first-order valence-corrected chi connectivity index (χ1v) is 10.3. The van der Waals surface area contributed by atoms with E-state index in [1.165, 1.54) is 18.4 Å². The van der Waals surface area contributed by atoms with Crippen LogP contribution < -0.4 is 5.32 Å². The van der Waals surface area contributed by atoms with Crippen LogP contribution in [0.25, 0.3) is 0 Å². The van der Waals surface area contributed by atoms with Crippen molar-refractivity contribution < 1.29 is 14.6 Å². The molecule has 3 rings (SSSR count). The number of hydrogen-bond donors (Lipinski definition) is 2. The molecule has 2 N–H and O–H groups in total. The normalized spacial score (nSPS) is 24.0. The third-order valence-electron chi connectivity index (χ3n) is 5.75. The summed E-state index contributed by atoms with van der Waals surface area (Å²) in [6, 6.07) is 10.9. The van der Waals surface area contributed by atoms with Gasteiger partial charge in [0.05, 0.1) is 19.8 Å². The van der Waals surface area contributed by atoms with Crippen LogP contribution in [0.4, 0.5) is 4.79 Å². The molecule has 1 saturated heterocycles. The van der Waals surface area contributed by atoms with Gasteiger partial charge in [-0.1, -0.05) is 43.2 Å². The maximum Gasteiger partial charge on any atom is 0.317 e. The van der Waals surface area contributed by atoms with E-state index in [9.17, 15) is 4.79 Å². The molecule has 0 bridgehead atoms. The fraction of sp³-hybridized carbons (Fsp3) is 0.667. The van der Waals surface area contributed by atoms with Crippen molar-refractivity contribution in [1.82, 2.24) is 15.1 Å². The van der Waals surface area contributed by atoms with Gasteiger partial charge in [-0.3, -0.25) is 4.90 Å². The summed E-state index contributed by atoms with van der Waals surface area (Å²) in [5.41, 5.74) is 1.34. The number of amides is 2. The molecule has 2 amide bonds. The molecule has 1 aliphatic heterocycles. The topological polar surface area (TPSA) is 65.0 Å². The average Bonchev–Trinajstić information content (AvgIpc) is 2.73. The molecule has 150 valence electrons. The molecule has 1 heterocycles. The summed E-state index contributed by atoms with van der Waals surface area (Å²) in [6.45, 7) is 5.22. The third kappa shape index (κ3) is 5.92. The van der Waals surface area contributed by atoms with Crippen LogP contribution in [-0.4, -0.2) is 79.5 Å². The zero-order valence-electron chi connectivity index (χ0n) is 16.2. The number of piperazine rings is 1. The Morgan fingerprint density at radius 2 is 1.81 bits per heavy atom. The molecule has 1 aliphatic carbocycles. The second kappa shape index (κ2) is 10.6. The van der Waals surface area contributed by atoms with Gasteiger partial charge in [-0.05, 0) is 18.4 Å². The van der Waals surface area contributed by atoms with Gasteiger partial charge in [0.25, 0.3) is 0 Å². The first kappa shape index (κ1) is 20.1. The summed E-state index contributed by atoms with van der Waals surface area (Å²) in [7, 11) is 0. The molecule has 1 saturated carbocycles. The van der Waals surface area contributed by atoms with Gasteiger partial charge >= 0.3 is 6.03 Å². The number of aliphatic hydroxyl groups is 1. The quantitative estimate of drug-likeness (QED) is 0.716. The van der Waals surface area contributed by atoms with Gasteiger partial charge in [-0.25, -0.2) is 4.79 Å². The van der Waals surface area contributed by atoms with E-state index in [0.29, 0.717) is 19.1 Å². The standard InChI is InChI=1S/C21H33N3O3/c25-15-17-27-16-14-23-10-12-24(13-11-23)21(26)22-20-9-5-4-8-19(20)18-6-2-1-3-7-18/h1-3,6-7,19-20,25H,4-5,8-17H2,(H,22,26)/t19-,20+/m0/s1. The predicted octanol–water partition coefficient (Wildman–Crippen LogP) is 2.05. The number of urea groups is 1. The third-order valence-corrected chi connectivity index (χ3v) is 5.75. The van der Waals surface area contributed by atoms with E-state index >= 15 is 0 Å². The molecule has 0 aromatic heterocycles. The first-order valence-electron chi connectivity index (χ1n) is 10.3. The Morgan fingerprint density at radius 3 is 2.56 bits per heavy atom. The zero-order valence-corrected chi connectivity index (χ0v) is 16.2. The van der Waals surface area contributed by atoms with Gasteiger partial charge in [-0.2, -0.15) is 0 Å². The van der Waals surface area contributed by atoms with Gasteiger partial charge < -0.3 is 20.1 Å². The summed E-state index contributed by atoms with van der Waals surface area (Å²) in [5, 5.41) is 12.1. The van der Waals surface area contributed by atoms with Gasteiger partial charge in [0.15, 0.2) is 0 Å². The smallest absolute Gasteiger partial charge is 0.317 e. The molecule has 1 aromatic carbocycles. The Balaban J connectivity index is 1.45. The Labute approximate surface area is 162 Å². The predicted molar refractivity (Wildman–Crippen MR) is 106 cm³/mol. The second-order valence-electron chi connectivity index (χ2n) is 7.52. The molecule has 6 heteroatoms. The molecule has 2 aliphatic rings. The molecule has 0 spiro atoms. The Morgan fingerprint density at radius 1 is 1.07 bits per heavy atom. The van der Waals surface area contributed by atoms with E-state index in [1.807, 2.05) is 11.0 Å². The number of nitrogens with one attached hydrogen (secondary N) is 1. The van der Waals surface area contributed by atoms with Crippen LogP contribution in [0.15, 0.2) is 30.3 Å². The molecule has 27 heavy (non-hydrogen) atoms. The number of carbonyl (C=O) groups excluding carboxylic acids is 1. The van der Waals surface area contributed by atoms with Crippen LogP contribution in [0.3, 0.4) is 0 Å². The van der Waals surface area contributed by atoms with E-state index < -0.39 is 0 Å². The fourth-order valence-electron chi connectivity index (χ4n) is 4.19. The summed E-state index contributed by atoms with van der Waals surface area (Å²) in [6.07, 6.45) is 4.64. The van der Waals surface area contributed by atoms with Crippen molar-refractivity contribution in [1.29, 1.82) is 0 Å². The maximum absolute atomic E-state index is 12.8. The highest BCUT2D eigenvalue weighted by Gasteiger charge is 2.30. The number of rotatable bonds is 7. The second-order valence-corrected chi connectivity index (χ2v) is 7.52. The lowest BCUT2D eigenvalue weighted by Gasteiger charge is -2.38. The van der Waals surface area contributed by atoms with E-state index in [-0.39, 0.29) is 18.7 Å². The minimum atomic E-state index is 0.0685. The van der Waals surface area contributed by atoms with Crippen LogP contribution in [0, 0.1) is 0 Å².